The van der Waals surface area contributed by atoms with E-state index in [1.54, 1.807) is 24.3 Å². The third-order valence-corrected chi connectivity index (χ3v) is 6.34. The minimum Gasteiger partial charge on any atom is -0.507 e. The number of aliphatic hydroxyl groups excluding tert-OH is 1. The number of aliphatic hydroxyl groups is 1. The van der Waals surface area contributed by atoms with Gasteiger partial charge in [-0.05, 0) is 74.6 Å². The van der Waals surface area contributed by atoms with Gasteiger partial charge in [0.25, 0.3) is 11.7 Å². The predicted octanol–water partition coefficient (Wildman–Crippen LogP) is 4.58. The maximum absolute atomic E-state index is 13.4. The quantitative estimate of drug-likeness (QED) is 0.183. The summed E-state index contributed by atoms with van der Waals surface area (Å²) in [5, 5.41) is 11.0. The van der Waals surface area contributed by atoms with Crippen LogP contribution in [-0.2, 0) is 9.59 Å². The Morgan fingerprint density at radius 3 is 2.26 bits per heavy atom. The Kier molecular flexibility index (Phi) is 8.43. The van der Waals surface area contributed by atoms with Crippen LogP contribution in [0.3, 0.4) is 0 Å². The number of halogens is 1. The number of ether oxygens (including phenoxy) is 2. The fraction of sp³-hybridized carbons (Fsp3) is 0.267. The number of nitrogens with zero attached hydrogens (tertiary/aromatic N) is 2. The molecule has 1 aliphatic heterocycles. The molecule has 4 rings (SSSR count). The molecule has 1 heterocycles. The van der Waals surface area contributed by atoms with Crippen molar-refractivity contribution in [2.24, 2.45) is 0 Å². The highest BCUT2D eigenvalue weighted by molar-refractivity contribution is 6.46. The molecule has 198 valence electrons. The molecule has 3 aromatic rings. The number of hydrogen-bond donors (Lipinski definition) is 1. The van der Waals surface area contributed by atoms with Crippen LogP contribution < -0.4 is 9.47 Å². The number of likely N-dealkylation sites (tertiary alicyclic amines) is 1. The number of carbonyl (C=O) groups excluding carboxylic acids is 2. The van der Waals surface area contributed by atoms with Gasteiger partial charge in [0.1, 0.15) is 36.3 Å². The van der Waals surface area contributed by atoms with Gasteiger partial charge < -0.3 is 24.4 Å². The van der Waals surface area contributed by atoms with Crippen LogP contribution in [-0.4, -0.2) is 67.0 Å². The normalized spacial score (nSPS) is 16.8. The molecule has 8 heteroatoms. The second-order valence-electron chi connectivity index (χ2n) is 9.33. The largest absolute Gasteiger partial charge is 0.507 e. The van der Waals surface area contributed by atoms with E-state index in [1.807, 2.05) is 50.2 Å². The summed E-state index contributed by atoms with van der Waals surface area (Å²) < 4.78 is 25.0. The fourth-order valence-electron chi connectivity index (χ4n) is 4.30. The van der Waals surface area contributed by atoms with E-state index in [0.29, 0.717) is 31.1 Å². The molecule has 1 aliphatic rings. The molecule has 1 saturated heterocycles. The molecule has 0 aliphatic carbocycles. The second kappa shape index (κ2) is 11.9. The number of aryl methyl sites for hydroxylation is 1. The van der Waals surface area contributed by atoms with E-state index >= 15 is 0 Å². The van der Waals surface area contributed by atoms with Gasteiger partial charge in [0.2, 0.25) is 0 Å². The van der Waals surface area contributed by atoms with E-state index in [-0.39, 0.29) is 23.4 Å². The molecule has 0 bridgehead atoms. The molecular weight excluding hydrogens is 487 g/mol. The molecule has 38 heavy (non-hydrogen) atoms. The topological polar surface area (TPSA) is 79.3 Å². The third kappa shape index (κ3) is 6.03. The van der Waals surface area contributed by atoms with Crippen LogP contribution in [0.25, 0.3) is 5.76 Å². The van der Waals surface area contributed by atoms with E-state index in [1.165, 1.54) is 29.2 Å². The summed E-state index contributed by atoms with van der Waals surface area (Å²) in [5.74, 6) is -0.858. The van der Waals surface area contributed by atoms with Gasteiger partial charge in [-0.1, -0.05) is 30.3 Å². The number of benzene rings is 3. The van der Waals surface area contributed by atoms with Crippen LogP contribution in [0.15, 0.2) is 78.4 Å². The van der Waals surface area contributed by atoms with Crippen LogP contribution >= 0.6 is 0 Å². The Bertz CT molecular complexity index is 1320. The molecule has 1 N–H and O–H groups in total. The van der Waals surface area contributed by atoms with Crippen LogP contribution in [0, 0.1) is 12.7 Å². The van der Waals surface area contributed by atoms with Crippen LogP contribution in [0.1, 0.15) is 22.7 Å². The minimum atomic E-state index is -0.793. The summed E-state index contributed by atoms with van der Waals surface area (Å²) in [7, 11) is 3.75. The Morgan fingerprint density at radius 1 is 0.947 bits per heavy atom. The lowest BCUT2D eigenvalue weighted by molar-refractivity contribution is -0.140. The zero-order valence-corrected chi connectivity index (χ0v) is 21.7. The molecule has 0 spiro atoms. The Morgan fingerprint density at radius 2 is 1.61 bits per heavy atom. The van der Waals surface area contributed by atoms with Crippen molar-refractivity contribution in [3.8, 4) is 11.5 Å². The number of carbonyl (C=O) groups is 2. The molecule has 1 fully saturated rings. The molecule has 0 saturated carbocycles. The van der Waals surface area contributed by atoms with Crippen molar-refractivity contribution in [2.75, 3.05) is 40.4 Å². The number of likely N-dealkylation sites (N-methyl/N-ethyl adjacent to an activating group) is 1. The standard InChI is InChI=1S/C30H31FN2O5/c1-20-6-4-5-7-25(20)38-19-18-37-24-14-10-21(11-15-24)27-26(28(34)22-8-12-23(31)13-9-22)29(35)30(36)33(27)17-16-32(2)3/h4-15,27,34H,16-19H2,1-3H3/b28-26+/t27-/m1/s1. The Labute approximate surface area is 221 Å². The van der Waals surface area contributed by atoms with Gasteiger partial charge in [0.15, 0.2) is 0 Å². The van der Waals surface area contributed by atoms with Crippen molar-refractivity contribution in [1.29, 1.82) is 0 Å². The first-order valence-corrected chi connectivity index (χ1v) is 12.4. The molecule has 0 unspecified atom stereocenters. The monoisotopic (exact) mass is 518 g/mol. The molecular formula is C30H31FN2O5. The van der Waals surface area contributed by atoms with Crippen molar-refractivity contribution in [1.82, 2.24) is 9.80 Å². The van der Waals surface area contributed by atoms with Crippen molar-refractivity contribution in [3.05, 3.63) is 101 Å². The van der Waals surface area contributed by atoms with E-state index in [2.05, 4.69) is 0 Å². The Balaban J connectivity index is 1.55. The smallest absolute Gasteiger partial charge is 0.295 e. The summed E-state index contributed by atoms with van der Waals surface area (Å²) in [6.07, 6.45) is 0. The highest BCUT2D eigenvalue weighted by atomic mass is 19.1. The predicted molar refractivity (Wildman–Crippen MR) is 143 cm³/mol. The zero-order chi connectivity index (χ0) is 27.2. The van der Waals surface area contributed by atoms with Crippen LogP contribution in [0.5, 0.6) is 11.5 Å². The maximum Gasteiger partial charge on any atom is 0.295 e. The van der Waals surface area contributed by atoms with Crippen molar-refractivity contribution >= 4 is 17.4 Å². The average molecular weight is 519 g/mol. The van der Waals surface area contributed by atoms with Gasteiger partial charge in [-0.3, -0.25) is 9.59 Å². The summed E-state index contributed by atoms with van der Waals surface area (Å²) in [4.78, 5) is 29.4. The number of hydrogen-bond acceptors (Lipinski definition) is 6. The lowest BCUT2D eigenvalue weighted by Gasteiger charge is -2.26. The lowest BCUT2D eigenvalue weighted by atomic mass is 9.95. The van der Waals surface area contributed by atoms with Crippen molar-refractivity contribution < 1.29 is 28.6 Å². The first-order valence-electron chi connectivity index (χ1n) is 12.4. The number of Topliss-reactive ketones (excluding diaryl/α,β-unsaturated/α-hetero) is 1. The van der Waals surface area contributed by atoms with E-state index < -0.39 is 23.5 Å². The number of amides is 1. The van der Waals surface area contributed by atoms with Crippen molar-refractivity contribution in [3.63, 3.8) is 0 Å². The third-order valence-electron chi connectivity index (χ3n) is 6.34. The van der Waals surface area contributed by atoms with Gasteiger partial charge in [0, 0.05) is 18.7 Å². The highest BCUT2D eigenvalue weighted by Crippen LogP contribution is 2.39. The second-order valence-corrected chi connectivity index (χ2v) is 9.33. The zero-order valence-electron chi connectivity index (χ0n) is 21.7. The first kappa shape index (κ1) is 26.9. The summed E-state index contributed by atoms with van der Waals surface area (Å²) in [5.41, 5.74) is 1.93. The molecule has 0 aromatic heterocycles. The average Bonchev–Trinajstić information content (AvgIpc) is 3.16. The molecule has 3 aromatic carbocycles. The van der Waals surface area contributed by atoms with Crippen molar-refractivity contribution in [2.45, 2.75) is 13.0 Å². The van der Waals surface area contributed by atoms with Gasteiger partial charge in [-0.15, -0.1) is 0 Å². The number of rotatable bonds is 10. The van der Waals surface area contributed by atoms with Crippen LogP contribution in [0.4, 0.5) is 4.39 Å². The molecule has 1 amide bonds. The van der Waals surface area contributed by atoms with Crippen LogP contribution in [0.2, 0.25) is 0 Å². The molecule has 0 radical (unpaired) electrons. The fourth-order valence-corrected chi connectivity index (χ4v) is 4.30. The molecule has 7 nitrogen and oxygen atoms in total. The van der Waals surface area contributed by atoms with Gasteiger partial charge in [-0.2, -0.15) is 0 Å². The summed E-state index contributed by atoms with van der Waals surface area (Å²) in [6.45, 7) is 3.50. The SMILES string of the molecule is Cc1ccccc1OCCOc1ccc([C@@H]2/C(=C(\O)c3ccc(F)cc3)C(=O)C(=O)N2CCN(C)C)cc1. The summed E-state index contributed by atoms with van der Waals surface area (Å²) >= 11 is 0. The van der Waals surface area contributed by atoms with E-state index in [9.17, 15) is 19.1 Å². The van der Waals surface area contributed by atoms with Gasteiger partial charge in [-0.25, -0.2) is 4.39 Å². The van der Waals surface area contributed by atoms with E-state index in [0.717, 1.165) is 11.3 Å². The molecule has 1 atom stereocenters. The highest BCUT2D eigenvalue weighted by Gasteiger charge is 2.45. The van der Waals surface area contributed by atoms with Gasteiger partial charge in [0.05, 0.1) is 11.6 Å². The first-order chi connectivity index (χ1) is 18.3. The summed E-state index contributed by atoms with van der Waals surface area (Å²) in [6, 6.07) is 19.2. The Hall–Kier alpha value is -4.17. The number of para-hydroxylation sites is 1. The van der Waals surface area contributed by atoms with Gasteiger partial charge >= 0.3 is 0 Å². The minimum absolute atomic E-state index is 0.0272. The van der Waals surface area contributed by atoms with E-state index in [4.69, 9.17) is 9.47 Å². The number of ketones is 1. The maximum atomic E-state index is 13.4. The lowest BCUT2D eigenvalue weighted by Crippen LogP contribution is -2.35.